The van der Waals surface area contributed by atoms with E-state index in [0.29, 0.717) is 5.41 Å². The van der Waals surface area contributed by atoms with Gasteiger partial charge in [-0.15, -0.1) is 0 Å². The van der Waals surface area contributed by atoms with E-state index < -0.39 is 0 Å². The van der Waals surface area contributed by atoms with Gasteiger partial charge in [0.05, 0.1) is 0 Å². The Kier molecular flexibility index (Phi) is 14.8. The maximum atomic E-state index is 13.3. The number of nitrogens with zero attached hydrogens (tertiary/aromatic N) is 2. The summed E-state index contributed by atoms with van der Waals surface area (Å²) in [5.74, 6) is -0.329. The molecule has 0 aromatic heterocycles. The first-order chi connectivity index (χ1) is 20.2. The fraction of sp³-hybridized carbons (Fsp3) is 0.553. The second-order valence-corrected chi connectivity index (χ2v) is 14.4. The van der Waals surface area contributed by atoms with Gasteiger partial charge in [-0.3, -0.25) is 9.69 Å². The normalized spacial score (nSPS) is 14.8. The van der Waals surface area contributed by atoms with Crippen LogP contribution in [0.2, 0.25) is 0 Å². The van der Waals surface area contributed by atoms with Gasteiger partial charge in [0.1, 0.15) is 11.6 Å². The van der Waals surface area contributed by atoms with Crippen LogP contribution < -0.4 is 0 Å². The highest BCUT2D eigenvalue weighted by Gasteiger charge is 2.18. The van der Waals surface area contributed by atoms with Crippen LogP contribution in [0.5, 0.6) is 0 Å². The van der Waals surface area contributed by atoms with Crippen molar-refractivity contribution in [2.75, 3.05) is 32.7 Å². The van der Waals surface area contributed by atoms with Gasteiger partial charge in [-0.25, -0.2) is 8.78 Å². The third kappa shape index (κ3) is 14.5. The van der Waals surface area contributed by atoms with Crippen molar-refractivity contribution in [1.29, 1.82) is 0 Å². The minimum Gasteiger partial charge on any atom is -0.343 e. The van der Waals surface area contributed by atoms with E-state index in [9.17, 15) is 13.6 Å². The van der Waals surface area contributed by atoms with Gasteiger partial charge in [-0.05, 0) is 91.5 Å². The second kappa shape index (κ2) is 17.5. The lowest BCUT2D eigenvalue weighted by Gasteiger charge is -2.32. The van der Waals surface area contributed by atoms with E-state index in [4.69, 9.17) is 0 Å². The first-order valence-corrected chi connectivity index (χ1v) is 16.0. The van der Waals surface area contributed by atoms with Crippen molar-refractivity contribution < 1.29 is 13.6 Å². The van der Waals surface area contributed by atoms with Crippen molar-refractivity contribution in [1.82, 2.24) is 9.80 Å². The number of carbonyl (C=O) groups is 1. The molecule has 2 aromatic carbocycles. The van der Waals surface area contributed by atoms with E-state index in [1.807, 2.05) is 29.2 Å². The van der Waals surface area contributed by atoms with Crippen molar-refractivity contribution in [3.05, 3.63) is 94.6 Å². The Morgan fingerprint density at radius 2 is 1.30 bits per heavy atom. The molecule has 0 aliphatic carbocycles. The molecule has 0 unspecified atom stereocenters. The van der Waals surface area contributed by atoms with Gasteiger partial charge in [-0.1, -0.05) is 96.4 Å². The Labute approximate surface area is 261 Å². The number of hydrogen-bond acceptors (Lipinski definition) is 2. The van der Waals surface area contributed by atoms with E-state index in [1.54, 1.807) is 0 Å². The lowest BCUT2D eigenvalue weighted by atomic mass is 9.82. The molecular weight excluding hydrogens is 538 g/mol. The molecule has 0 bridgehead atoms. The van der Waals surface area contributed by atoms with Gasteiger partial charge >= 0.3 is 0 Å². The average Bonchev–Trinajstić information content (AvgIpc) is 2.94. The lowest BCUT2D eigenvalue weighted by molar-refractivity contribution is -0.119. The van der Waals surface area contributed by atoms with Crippen LogP contribution in [-0.2, 0) is 4.79 Å². The highest BCUT2D eigenvalue weighted by Crippen LogP contribution is 2.31. The molecule has 1 fully saturated rings. The number of hydrogen-bond donors (Lipinski definition) is 0. The summed E-state index contributed by atoms with van der Waals surface area (Å²) in [5, 5.41) is 0. The molecule has 1 aliphatic rings. The minimum absolute atomic E-state index is 0.150. The smallest absolute Gasteiger partial charge is 0.209 e. The third-order valence-electron chi connectivity index (χ3n) is 7.81. The molecule has 0 atom stereocenters. The molecular formula is C38H56F2N2O. The molecule has 1 saturated heterocycles. The van der Waals surface area contributed by atoms with Crippen molar-refractivity contribution in [3.63, 3.8) is 0 Å². The van der Waals surface area contributed by atoms with Gasteiger partial charge in [0.25, 0.3) is 0 Å². The molecule has 0 radical (unpaired) electrons. The molecule has 0 N–H and O–H groups in total. The topological polar surface area (TPSA) is 23.6 Å². The molecule has 3 nitrogen and oxygen atoms in total. The van der Waals surface area contributed by atoms with E-state index in [1.165, 1.54) is 35.4 Å². The summed E-state index contributed by atoms with van der Waals surface area (Å²) in [6.07, 6.45) is 11.0. The van der Waals surface area contributed by atoms with E-state index in [-0.39, 0.29) is 23.0 Å². The standard InChI is InChI=1S/C23H28F2N2O.C15H28/c24-21-9-5-19(6-10-21)23(20-7-11-22(25)12-8-20)4-2-1-3-13-26-14-16-27(18-28)17-15-26;1-12(2)11-13(15(6,7)8)9-10-14(3,4)5/h5-12,18,23H,1-4,13-17H2;9,11H,10H2,1-8H3/b;13-9+. The van der Waals surface area contributed by atoms with Gasteiger partial charge < -0.3 is 4.90 Å². The predicted molar refractivity (Wildman–Crippen MR) is 178 cm³/mol. The fourth-order valence-corrected chi connectivity index (χ4v) is 5.18. The third-order valence-corrected chi connectivity index (χ3v) is 7.81. The Morgan fingerprint density at radius 1 is 0.791 bits per heavy atom. The van der Waals surface area contributed by atoms with Crippen LogP contribution in [-0.4, -0.2) is 48.9 Å². The molecule has 43 heavy (non-hydrogen) atoms. The van der Waals surface area contributed by atoms with Crippen molar-refractivity contribution >= 4 is 6.41 Å². The van der Waals surface area contributed by atoms with Crippen LogP contribution in [0.3, 0.4) is 0 Å². The highest BCUT2D eigenvalue weighted by molar-refractivity contribution is 5.47. The van der Waals surface area contributed by atoms with Crippen molar-refractivity contribution in [2.24, 2.45) is 10.8 Å². The molecule has 3 rings (SSSR count). The molecule has 1 aliphatic heterocycles. The molecule has 1 heterocycles. The number of amides is 1. The van der Waals surface area contributed by atoms with E-state index in [2.05, 4.69) is 72.4 Å². The number of benzene rings is 2. The Bertz CT molecular complexity index is 1100. The largest absolute Gasteiger partial charge is 0.343 e. The minimum atomic E-state index is -0.240. The molecule has 238 valence electrons. The zero-order valence-electron chi connectivity index (χ0n) is 28.1. The van der Waals surface area contributed by atoms with E-state index >= 15 is 0 Å². The van der Waals surface area contributed by atoms with Gasteiger partial charge in [0.15, 0.2) is 0 Å². The van der Waals surface area contributed by atoms with Gasteiger partial charge in [0, 0.05) is 32.1 Å². The first-order valence-electron chi connectivity index (χ1n) is 16.0. The summed E-state index contributed by atoms with van der Waals surface area (Å²) in [7, 11) is 0. The maximum Gasteiger partial charge on any atom is 0.209 e. The molecule has 0 saturated carbocycles. The summed E-state index contributed by atoms with van der Waals surface area (Å²) >= 11 is 0. The second-order valence-electron chi connectivity index (χ2n) is 14.4. The molecule has 5 heteroatoms. The zero-order chi connectivity index (χ0) is 32.0. The quantitative estimate of drug-likeness (QED) is 0.147. The van der Waals surface area contributed by atoms with Crippen LogP contribution in [0.25, 0.3) is 0 Å². The average molecular weight is 595 g/mol. The summed E-state index contributed by atoms with van der Waals surface area (Å²) in [5.41, 5.74) is 5.60. The molecule has 0 spiro atoms. The number of piperazine rings is 1. The Morgan fingerprint density at radius 3 is 1.72 bits per heavy atom. The van der Waals surface area contributed by atoms with Gasteiger partial charge in [-0.2, -0.15) is 0 Å². The number of carbonyl (C=O) groups excluding carboxylic acids is 1. The fourth-order valence-electron chi connectivity index (χ4n) is 5.18. The van der Waals surface area contributed by atoms with Crippen LogP contribution in [0.4, 0.5) is 8.78 Å². The van der Waals surface area contributed by atoms with E-state index in [0.717, 1.165) is 82.4 Å². The lowest BCUT2D eigenvalue weighted by Crippen LogP contribution is -2.45. The van der Waals surface area contributed by atoms with Crippen molar-refractivity contribution in [2.45, 2.75) is 93.4 Å². The molecule has 2 aromatic rings. The zero-order valence-corrected chi connectivity index (χ0v) is 28.1. The summed E-state index contributed by atoms with van der Waals surface area (Å²) in [4.78, 5) is 15.0. The van der Waals surface area contributed by atoms with Crippen LogP contribution in [0, 0.1) is 22.5 Å². The van der Waals surface area contributed by atoms with Crippen LogP contribution in [0.1, 0.15) is 105 Å². The SMILES string of the molecule is CC(C)=C/C(=C\CC(C)(C)C)C(C)(C)C.O=CN1CCN(CCCCCC(c2ccc(F)cc2)c2ccc(F)cc2)CC1. The Hall–Kier alpha value is -2.79. The van der Waals surface area contributed by atoms with Crippen molar-refractivity contribution in [3.8, 4) is 0 Å². The number of halogens is 2. The predicted octanol–water partition coefficient (Wildman–Crippen LogP) is 9.79. The summed E-state index contributed by atoms with van der Waals surface area (Å²) in [6.45, 7) is 22.6. The Balaban J connectivity index is 0.000000367. The monoisotopic (exact) mass is 594 g/mol. The summed E-state index contributed by atoms with van der Waals surface area (Å²) < 4.78 is 26.6. The number of rotatable bonds is 11. The number of allylic oxidation sites excluding steroid dienone is 4. The van der Waals surface area contributed by atoms with Crippen LogP contribution in [0.15, 0.2) is 71.8 Å². The van der Waals surface area contributed by atoms with Gasteiger partial charge in [0.2, 0.25) is 6.41 Å². The summed E-state index contributed by atoms with van der Waals surface area (Å²) in [6, 6.07) is 13.3. The first kappa shape index (κ1) is 36.4. The number of unbranched alkanes of at least 4 members (excludes halogenated alkanes) is 2. The highest BCUT2D eigenvalue weighted by atomic mass is 19.1. The molecule has 1 amide bonds. The van der Waals surface area contributed by atoms with Crippen LogP contribution >= 0.6 is 0 Å². The maximum absolute atomic E-state index is 13.3.